The highest BCUT2D eigenvalue weighted by molar-refractivity contribution is 7.93. The summed E-state index contributed by atoms with van der Waals surface area (Å²) in [5.74, 6) is 0.635. The van der Waals surface area contributed by atoms with Crippen molar-refractivity contribution in [3.63, 3.8) is 0 Å². The molecule has 33 heavy (non-hydrogen) atoms. The van der Waals surface area contributed by atoms with Crippen LogP contribution in [0.15, 0.2) is 72.8 Å². The molecule has 3 aromatic carbocycles. The van der Waals surface area contributed by atoms with Crippen LogP contribution in [0.25, 0.3) is 4.91 Å². The van der Waals surface area contributed by atoms with Crippen LogP contribution in [0.1, 0.15) is 39.6 Å². The number of carbonyl (C=O) groups is 2. The molecule has 1 amide bonds. The second-order valence-electron chi connectivity index (χ2n) is 7.67. The number of aromatic carboxylic acids is 1. The fraction of sp³-hybridized carbons (Fsp3) is 0.120. The van der Waals surface area contributed by atoms with Crippen molar-refractivity contribution in [1.82, 2.24) is 4.72 Å². The van der Waals surface area contributed by atoms with Crippen molar-refractivity contribution in [1.29, 1.82) is 0 Å². The van der Waals surface area contributed by atoms with E-state index in [0.29, 0.717) is 22.0 Å². The number of rotatable bonds is 6. The van der Waals surface area contributed by atoms with Gasteiger partial charge in [-0.2, -0.15) is 0 Å². The van der Waals surface area contributed by atoms with Gasteiger partial charge in [-0.05, 0) is 66.4 Å². The van der Waals surface area contributed by atoms with Crippen LogP contribution in [0.2, 0.25) is 0 Å². The molecule has 0 radical (unpaired) electrons. The molecule has 0 aromatic heterocycles. The topological polar surface area (TPSA) is 102 Å². The monoisotopic (exact) mass is 461 g/mol. The van der Waals surface area contributed by atoms with Crippen molar-refractivity contribution < 1.29 is 28.4 Å². The van der Waals surface area contributed by atoms with Crippen molar-refractivity contribution in [2.75, 3.05) is 0 Å². The zero-order valence-corrected chi connectivity index (χ0v) is 18.1. The van der Waals surface area contributed by atoms with E-state index in [1.54, 1.807) is 36.4 Å². The van der Waals surface area contributed by atoms with Gasteiger partial charge in [-0.25, -0.2) is 9.00 Å². The summed E-state index contributed by atoms with van der Waals surface area (Å²) in [6.07, 6.45) is 2.80. The average molecular weight is 461 g/mol. The first-order valence-corrected chi connectivity index (χ1v) is 11.5. The third-order valence-electron chi connectivity index (χ3n) is 5.57. The first-order valence-electron chi connectivity index (χ1n) is 10.3. The summed E-state index contributed by atoms with van der Waals surface area (Å²) < 4.78 is 26.5. The molecular weight excluding hydrogens is 442 g/mol. The van der Waals surface area contributed by atoms with E-state index in [9.17, 15) is 13.8 Å². The molecule has 2 atom stereocenters. The number of fused-ring (bicyclic) bond motifs is 1. The van der Waals surface area contributed by atoms with E-state index in [4.69, 9.17) is 14.6 Å². The third-order valence-corrected chi connectivity index (χ3v) is 6.71. The Bertz CT molecular complexity index is 1300. The van der Waals surface area contributed by atoms with Crippen LogP contribution in [-0.2, 0) is 22.2 Å². The Balaban J connectivity index is 1.31. The molecule has 5 rings (SSSR count). The largest absolute Gasteiger partial charge is 0.486 e. The SMILES string of the molecule is O=C1C=C(c2ccc(O[C@@H]3CCc4c(Oc5ccc(C(=O)O)cc5)cccc43)cc2)S(=O)N1. The number of hydrogen-bond donors (Lipinski definition) is 2. The predicted octanol–water partition coefficient (Wildman–Crippen LogP) is 4.38. The molecule has 2 N–H and O–H groups in total. The smallest absolute Gasteiger partial charge is 0.335 e. The first-order chi connectivity index (χ1) is 16.0. The summed E-state index contributed by atoms with van der Waals surface area (Å²) >= 11 is 0. The standard InChI is InChI=1S/C25H19NO6S/c27-24-14-23(33(30)26-24)15-4-8-17(9-5-15)32-22-13-12-20-19(22)2-1-3-21(20)31-18-10-6-16(7-11-18)25(28)29/h1-11,14,22H,12-13H2,(H,26,27)(H,28,29)/t22-,33?/m1/s1. The molecule has 166 valence electrons. The fourth-order valence-corrected chi connectivity index (χ4v) is 4.91. The van der Waals surface area contributed by atoms with Crippen LogP contribution < -0.4 is 14.2 Å². The number of nitrogens with one attached hydrogen (secondary N) is 1. The summed E-state index contributed by atoms with van der Waals surface area (Å²) in [6.45, 7) is 0. The van der Waals surface area contributed by atoms with Gasteiger partial charge in [-0.15, -0.1) is 0 Å². The highest BCUT2D eigenvalue weighted by Gasteiger charge is 2.27. The number of carboxylic acids is 1. The molecule has 0 saturated heterocycles. The van der Waals surface area contributed by atoms with Crippen LogP contribution in [0.3, 0.4) is 0 Å². The molecule has 8 heteroatoms. The Hall–Kier alpha value is -3.91. The Morgan fingerprint density at radius 3 is 2.39 bits per heavy atom. The zero-order valence-electron chi connectivity index (χ0n) is 17.3. The molecule has 0 bridgehead atoms. The lowest BCUT2D eigenvalue weighted by molar-refractivity contribution is -0.114. The molecule has 1 aliphatic heterocycles. The lowest BCUT2D eigenvalue weighted by Crippen LogP contribution is -2.16. The molecular formula is C25H19NO6S. The Morgan fingerprint density at radius 2 is 1.73 bits per heavy atom. The van der Waals surface area contributed by atoms with Crippen molar-refractivity contribution in [2.45, 2.75) is 18.9 Å². The Morgan fingerprint density at radius 1 is 1.00 bits per heavy atom. The minimum absolute atomic E-state index is 0.133. The van der Waals surface area contributed by atoms with Crippen LogP contribution >= 0.6 is 0 Å². The van der Waals surface area contributed by atoms with Crippen molar-refractivity contribution >= 4 is 27.8 Å². The molecule has 2 aliphatic rings. The number of benzene rings is 3. The van der Waals surface area contributed by atoms with Crippen LogP contribution in [0.5, 0.6) is 17.2 Å². The molecule has 1 aliphatic carbocycles. The molecule has 0 saturated carbocycles. The van der Waals surface area contributed by atoms with E-state index in [1.165, 1.54) is 18.2 Å². The molecule has 7 nitrogen and oxygen atoms in total. The Kier molecular flexibility index (Phi) is 5.43. The molecule has 3 aromatic rings. The minimum Gasteiger partial charge on any atom is -0.486 e. The maximum atomic E-state index is 11.9. The Labute approximate surface area is 192 Å². The second kappa shape index (κ2) is 8.55. The summed E-state index contributed by atoms with van der Waals surface area (Å²) in [5, 5.41) is 9.05. The maximum Gasteiger partial charge on any atom is 0.335 e. The van der Waals surface area contributed by atoms with E-state index in [-0.39, 0.29) is 17.6 Å². The third kappa shape index (κ3) is 4.25. The van der Waals surface area contributed by atoms with Gasteiger partial charge in [-0.1, -0.05) is 24.3 Å². The van der Waals surface area contributed by atoms with Gasteiger partial charge in [0.2, 0.25) is 0 Å². The molecule has 0 fully saturated rings. The number of amides is 1. The van der Waals surface area contributed by atoms with E-state index in [1.807, 2.05) is 18.2 Å². The normalized spacial score (nSPS) is 18.9. The summed E-state index contributed by atoms with van der Waals surface area (Å²) in [7, 11) is -1.53. The van der Waals surface area contributed by atoms with E-state index in [2.05, 4.69) is 4.72 Å². The lowest BCUT2D eigenvalue weighted by Gasteiger charge is -2.16. The summed E-state index contributed by atoms with van der Waals surface area (Å²) in [4.78, 5) is 22.9. The molecule has 1 heterocycles. The minimum atomic E-state index is -1.53. The van der Waals surface area contributed by atoms with Gasteiger partial charge in [0, 0.05) is 11.6 Å². The number of carbonyl (C=O) groups excluding carboxylic acids is 1. The average Bonchev–Trinajstić information content (AvgIpc) is 3.37. The summed E-state index contributed by atoms with van der Waals surface area (Å²) in [5.41, 5.74) is 3.03. The maximum absolute atomic E-state index is 11.9. The van der Waals surface area contributed by atoms with Gasteiger partial charge in [-0.3, -0.25) is 9.52 Å². The number of hydrogen-bond acceptors (Lipinski definition) is 5. The van der Waals surface area contributed by atoms with E-state index in [0.717, 1.165) is 29.7 Å². The summed E-state index contributed by atoms with van der Waals surface area (Å²) in [6, 6.07) is 19.3. The lowest BCUT2D eigenvalue weighted by atomic mass is 10.1. The van der Waals surface area contributed by atoms with Gasteiger partial charge in [0.05, 0.1) is 10.5 Å². The van der Waals surface area contributed by atoms with E-state index < -0.39 is 17.0 Å². The quantitative estimate of drug-likeness (QED) is 0.565. The number of carboxylic acid groups (broad SMARTS) is 1. The molecule has 0 spiro atoms. The van der Waals surface area contributed by atoms with Gasteiger partial charge >= 0.3 is 5.97 Å². The number of ether oxygens (including phenoxy) is 2. The van der Waals surface area contributed by atoms with Crippen LogP contribution in [0.4, 0.5) is 0 Å². The van der Waals surface area contributed by atoms with Crippen molar-refractivity contribution in [2.24, 2.45) is 0 Å². The van der Waals surface area contributed by atoms with Crippen molar-refractivity contribution in [3.8, 4) is 17.2 Å². The van der Waals surface area contributed by atoms with Gasteiger partial charge < -0.3 is 14.6 Å². The second-order valence-corrected chi connectivity index (χ2v) is 8.85. The van der Waals surface area contributed by atoms with Gasteiger partial charge in [0.25, 0.3) is 5.91 Å². The molecule has 1 unspecified atom stereocenters. The van der Waals surface area contributed by atoms with Crippen LogP contribution in [-0.4, -0.2) is 21.2 Å². The van der Waals surface area contributed by atoms with Crippen molar-refractivity contribution in [3.05, 3.63) is 95.1 Å². The van der Waals surface area contributed by atoms with E-state index >= 15 is 0 Å². The van der Waals surface area contributed by atoms with Gasteiger partial charge in [0.1, 0.15) is 23.4 Å². The van der Waals surface area contributed by atoms with Gasteiger partial charge in [0.15, 0.2) is 11.0 Å². The first kappa shape index (κ1) is 21.0. The zero-order chi connectivity index (χ0) is 22.9. The highest BCUT2D eigenvalue weighted by Crippen LogP contribution is 2.41. The predicted molar refractivity (Wildman–Crippen MR) is 122 cm³/mol. The highest BCUT2D eigenvalue weighted by atomic mass is 32.2. The fourth-order valence-electron chi connectivity index (χ4n) is 3.99. The van der Waals surface area contributed by atoms with Crippen LogP contribution in [0, 0.1) is 0 Å².